The molecule has 1 N–H and O–H groups in total. The smallest absolute Gasteiger partial charge is 0.251 e. The highest BCUT2D eigenvalue weighted by atomic mass is 16.2. The fraction of sp³-hybridized carbons (Fsp3) is 0.579. The minimum absolute atomic E-state index is 0.00477. The molecule has 5 heteroatoms. The monoisotopic (exact) mass is 329 g/mol. The van der Waals surface area contributed by atoms with Gasteiger partial charge < -0.3 is 15.1 Å². The van der Waals surface area contributed by atoms with E-state index in [-0.39, 0.29) is 5.91 Å². The second-order valence-corrected chi connectivity index (χ2v) is 6.74. The van der Waals surface area contributed by atoms with Crippen molar-refractivity contribution in [1.82, 2.24) is 10.2 Å². The Hall–Kier alpha value is -2.04. The van der Waals surface area contributed by atoms with E-state index in [1.807, 2.05) is 29.2 Å². The molecule has 3 rings (SSSR count). The molecule has 1 heterocycles. The number of rotatable bonds is 6. The van der Waals surface area contributed by atoms with Gasteiger partial charge in [0.2, 0.25) is 5.91 Å². The van der Waals surface area contributed by atoms with E-state index in [2.05, 4.69) is 17.1 Å². The third-order valence-corrected chi connectivity index (χ3v) is 4.83. The summed E-state index contributed by atoms with van der Waals surface area (Å²) in [6.07, 6.45) is 4.23. The van der Waals surface area contributed by atoms with Crippen LogP contribution in [-0.4, -0.2) is 49.4 Å². The molecule has 1 aromatic carbocycles. The molecule has 1 saturated carbocycles. The Bertz CT molecular complexity index is 573. The summed E-state index contributed by atoms with van der Waals surface area (Å²) in [5.74, 6) is 0.644. The van der Waals surface area contributed by atoms with Gasteiger partial charge in [-0.2, -0.15) is 0 Å². The third-order valence-electron chi connectivity index (χ3n) is 4.83. The van der Waals surface area contributed by atoms with Crippen molar-refractivity contribution in [2.75, 3.05) is 37.6 Å². The van der Waals surface area contributed by atoms with Crippen LogP contribution in [0.1, 0.15) is 43.0 Å². The SMILES string of the molecule is CCCCNC(=O)c1ccc(N2CCN(C(=O)C3CC3)CC2)cc1. The molecule has 2 fully saturated rings. The van der Waals surface area contributed by atoms with Gasteiger partial charge in [0.1, 0.15) is 0 Å². The molecule has 0 radical (unpaired) electrons. The Morgan fingerprint density at radius 3 is 2.33 bits per heavy atom. The minimum Gasteiger partial charge on any atom is -0.368 e. The number of hydrogen-bond donors (Lipinski definition) is 1. The first-order chi connectivity index (χ1) is 11.7. The van der Waals surface area contributed by atoms with Gasteiger partial charge in [0.05, 0.1) is 0 Å². The number of anilines is 1. The van der Waals surface area contributed by atoms with Gasteiger partial charge in [-0.15, -0.1) is 0 Å². The second-order valence-electron chi connectivity index (χ2n) is 6.74. The summed E-state index contributed by atoms with van der Waals surface area (Å²) in [4.78, 5) is 28.4. The van der Waals surface area contributed by atoms with Gasteiger partial charge in [-0.1, -0.05) is 13.3 Å². The number of amides is 2. The van der Waals surface area contributed by atoms with Crippen molar-refractivity contribution in [2.45, 2.75) is 32.6 Å². The number of piperazine rings is 1. The molecule has 24 heavy (non-hydrogen) atoms. The van der Waals surface area contributed by atoms with E-state index >= 15 is 0 Å². The van der Waals surface area contributed by atoms with E-state index in [0.717, 1.165) is 64.1 Å². The topological polar surface area (TPSA) is 52.7 Å². The molecule has 0 aromatic heterocycles. The maximum Gasteiger partial charge on any atom is 0.251 e. The summed E-state index contributed by atoms with van der Waals surface area (Å²) < 4.78 is 0. The van der Waals surface area contributed by atoms with Crippen LogP contribution >= 0.6 is 0 Å². The predicted octanol–water partition coefficient (Wildman–Crippen LogP) is 2.28. The number of hydrogen-bond acceptors (Lipinski definition) is 3. The summed E-state index contributed by atoms with van der Waals surface area (Å²) in [6.45, 7) is 6.16. The fourth-order valence-corrected chi connectivity index (χ4v) is 3.08. The molecule has 0 bridgehead atoms. The average Bonchev–Trinajstić information content (AvgIpc) is 3.47. The molecule has 1 aliphatic carbocycles. The van der Waals surface area contributed by atoms with Crippen molar-refractivity contribution in [1.29, 1.82) is 0 Å². The van der Waals surface area contributed by atoms with Gasteiger partial charge in [-0.25, -0.2) is 0 Å². The minimum atomic E-state index is -0.00477. The molecule has 0 unspecified atom stereocenters. The van der Waals surface area contributed by atoms with Gasteiger partial charge in [0.15, 0.2) is 0 Å². The molecule has 2 aliphatic rings. The zero-order valence-electron chi connectivity index (χ0n) is 14.5. The zero-order valence-corrected chi connectivity index (χ0v) is 14.5. The van der Waals surface area contributed by atoms with Crippen molar-refractivity contribution in [2.24, 2.45) is 5.92 Å². The summed E-state index contributed by atoms with van der Waals surface area (Å²) in [7, 11) is 0. The van der Waals surface area contributed by atoms with Crippen molar-refractivity contribution >= 4 is 17.5 Å². The largest absolute Gasteiger partial charge is 0.368 e. The Labute approximate surface area is 144 Å². The molecule has 130 valence electrons. The summed E-state index contributed by atoms with van der Waals surface area (Å²) in [5, 5.41) is 2.94. The number of nitrogens with one attached hydrogen (secondary N) is 1. The number of benzene rings is 1. The molecule has 1 saturated heterocycles. The van der Waals surface area contributed by atoms with Crippen molar-refractivity contribution in [3.63, 3.8) is 0 Å². The van der Waals surface area contributed by atoms with Crippen LogP contribution in [0.3, 0.4) is 0 Å². The highest BCUT2D eigenvalue weighted by Crippen LogP contribution is 2.31. The molecule has 2 amide bonds. The Morgan fingerprint density at radius 2 is 1.75 bits per heavy atom. The van der Waals surface area contributed by atoms with Gasteiger partial charge in [0, 0.05) is 49.9 Å². The van der Waals surface area contributed by atoms with Crippen LogP contribution in [0.2, 0.25) is 0 Å². The van der Waals surface area contributed by atoms with E-state index in [0.29, 0.717) is 17.4 Å². The fourth-order valence-electron chi connectivity index (χ4n) is 3.08. The molecule has 1 aromatic rings. The van der Waals surface area contributed by atoms with Crippen LogP contribution in [0.4, 0.5) is 5.69 Å². The van der Waals surface area contributed by atoms with Crippen LogP contribution in [0.5, 0.6) is 0 Å². The van der Waals surface area contributed by atoms with E-state index in [1.165, 1.54) is 0 Å². The number of carbonyl (C=O) groups excluding carboxylic acids is 2. The van der Waals surface area contributed by atoms with Gasteiger partial charge in [0.25, 0.3) is 5.91 Å². The van der Waals surface area contributed by atoms with Crippen molar-refractivity contribution < 1.29 is 9.59 Å². The molecule has 1 aliphatic heterocycles. The van der Waals surface area contributed by atoms with Gasteiger partial charge in [-0.05, 0) is 43.5 Å². The highest BCUT2D eigenvalue weighted by Gasteiger charge is 2.34. The second kappa shape index (κ2) is 7.69. The lowest BCUT2D eigenvalue weighted by atomic mass is 10.1. The predicted molar refractivity (Wildman–Crippen MR) is 95.2 cm³/mol. The first-order valence-electron chi connectivity index (χ1n) is 9.11. The van der Waals surface area contributed by atoms with Crippen LogP contribution in [0.15, 0.2) is 24.3 Å². The van der Waals surface area contributed by atoms with E-state index in [9.17, 15) is 9.59 Å². The number of nitrogens with zero attached hydrogens (tertiary/aromatic N) is 2. The standard InChI is InChI=1S/C19H27N3O2/c1-2-3-10-20-18(23)15-6-8-17(9-7-15)21-11-13-22(14-12-21)19(24)16-4-5-16/h6-9,16H,2-5,10-14H2,1H3,(H,20,23). The summed E-state index contributed by atoms with van der Waals surface area (Å²) >= 11 is 0. The Morgan fingerprint density at radius 1 is 1.08 bits per heavy atom. The average molecular weight is 329 g/mol. The molecular formula is C19H27N3O2. The van der Waals surface area contributed by atoms with E-state index in [4.69, 9.17) is 0 Å². The quantitative estimate of drug-likeness (QED) is 0.815. The Kier molecular flexibility index (Phi) is 5.38. The summed E-state index contributed by atoms with van der Waals surface area (Å²) in [6, 6.07) is 7.79. The Balaban J connectivity index is 1.50. The maximum atomic E-state index is 12.1. The maximum absolute atomic E-state index is 12.1. The highest BCUT2D eigenvalue weighted by molar-refractivity contribution is 5.94. The van der Waals surface area contributed by atoms with Crippen LogP contribution in [0.25, 0.3) is 0 Å². The van der Waals surface area contributed by atoms with E-state index in [1.54, 1.807) is 0 Å². The lowest BCUT2D eigenvalue weighted by molar-refractivity contribution is -0.132. The molecule has 0 atom stereocenters. The van der Waals surface area contributed by atoms with Crippen molar-refractivity contribution in [3.05, 3.63) is 29.8 Å². The molecule has 5 nitrogen and oxygen atoms in total. The number of carbonyl (C=O) groups is 2. The van der Waals surface area contributed by atoms with Crippen LogP contribution < -0.4 is 10.2 Å². The molecular weight excluding hydrogens is 302 g/mol. The summed E-state index contributed by atoms with van der Waals surface area (Å²) in [5.41, 5.74) is 1.83. The first kappa shape index (κ1) is 16.8. The van der Waals surface area contributed by atoms with Gasteiger partial charge >= 0.3 is 0 Å². The van der Waals surface area contributed by atoms with Crippen molar-refractivity contribution in [3.8, 4) is 0 Å². The molecule has 0 spiro atoms. The van der Waals surface area contributed by atoms with Crippen LogP contribution in [0, 0.1) is 5.92 Å². The lowest BCUT2D eigenvalue weighted by Gasteiger charge is -2.36. The van der Waals surface area contributed by atoms with Gasteiger partial charge in [-0.3, -0.25) is 9.59 Å². The van der Waals surface area contributed by atoms with E-state index < -0.39 is 0 Å². The number of unbranched alkanes of at least 4 members (excludes halogenated alkanes) is 1. The lowest BCUT2D eigenvalue weighted by Crippen LogP contribution is -2.49. The first-order valence-corrected chi connectivity index (χ1v) is 9.11. The zero-order chi connectivity index (χ0) is 16.9. The normalized spacial score (nSPS) is 17.7. The third kappa shape index (κ3) is 4.08. The van der Waals surface area contributed by atoms with Crippen LogP contribution in [-0.2, 0) is 4.79 Å².